The molecule has 2 rings (SSSR count). The van der Waals surface area contributed by atoms with Crippen molar-refractivity contribution in [3.05, 3.63) is 58.1 Å². The van der Waals surface area contributed by atoms with E-state index in [1.165, 1.54) is 0 Å². The Balaban J connectivity index is 2.27. The van der Waals surface area contributed by atoms with Crippen LogP contribution in [0.4, 0.5) is 0 Å². The molecule has 2 nitrogen and oxygen atoms in total. The first kappa shape index (κ1) is 13.7. The Hall–Kier alpha value is -1.74. The highest BCUT2D eigenvalue weighted by Crippen LogP contribution is 2.24. The van der Waals surface area contributed by atoms with Crippen molar-refractivity contribution >= 4 is 28.1 Å². The van der Waals surface area contributed by atoms with E-state index in [9.17, 15) is 0 Å². The van der Waals surface area contributed by atoms with E-state index in [2.05, 4.69) is 34.1 Å². The molecule has 0 bridgehead atoms. The van der Waals surface area contributed by atoms with Crippen molar-refractivity contribution in [3.63, 3.8) is 0 Å². The molecule has 2 aromatic rings. The highest BCUT2D eigenvalue weighted by molar-refractivity contribution is 9.10. The molecular formula is C16H15BrO2. The third kappa shape index (κ3) is 3.86. The summed E-state index contributed by atoms with van der Waals surface area (Å²) in [4.78, 5) is 0. The van der Waals surface area contributed by atoms with Gasteiger partial charge in [-0.2, -0.15) is 0 Å². The molecule has 0 aromatic heterocycles. The zero-order chi connectivity index (χ0) is 13.7. The van der Waals surface area contributed by atoms with E-state index >= 15 is 0 Å². The highest BCUT2D eigenvalue weighted by atomic mass is 79.9. The van der Waals surface area contributed by atoms with E-state index in [1.807, 2.05) is 36.4 Å². The summed E-state index contributed by atoms with van der Waals surface area (Å²) in [5.41, 5.74) is 2.17. The lowest BCUT2D eigenvalue weighted by Gasteiger charge is -2.05. The number of methoxy groups -OCH3 is 2. The fraction of sp³-hybridized carbons (Fsp3) is 0.125. The normalized spacial score (nSPS) is 10.7. The Kier molecular flexibility index (Phi) is 4.63. The monoisotopic (exact) mass is 318 g/mol. The SMILES string of the molecule is COc1cc(C=Cc2cccc(Br)c2)cc(OC)c1. The molecule has 0 aliphatic rings. The van der Waals surface area contributed by atoms with Crippen molar-refractivity contribution in [2.75, 3.05) is 14.2 Å². The minimum Gasteiger partial charge on any atom is -0.497 e. The van der Waals surface area contributed by atoms with Gasteiger partial charge in [-0.1, -0.05) is 40.2 Å². The average molecular weight is 319 g/mol. The summed E-state index contributed by atoms with van der Waals surface area (Å²) in [5.74, 6) is 1.57. The Bertz CT molecular complexity index is 569. The van der Waals surface area contributed by atoms with Gasteiger partial charge in [0.05, 0.1) is 14.2 Å². The van der Waals surface area contributed by atoms with Gasteiger partial charge in [0.25, 0.3) is 0 Å². The third-order valence-electron chi connectivity index (χ3n) is 2.69. The highest BCUT2D eigenvalue weighted by Gasteiger charge is 1.99. The van der Waals surface area contributed by atoms with Crippen molar-refractivity contribution in [1.82, 2.24) is 0 Å². The fourth-order valence-corrected chi connectivity index (χ4v) is 2.15. The van der Waals surface area contributed by atoms with Crippen molar-refractivity contribution in [3.8, 4) is 11.5 Å². The average Bonchev–Trinajstić information content (AvgIpc) is 2.44. The smallest absolute Gasteiger partial charge is 0.123 e. The maximum absolute atomic E-state index is 5.25. The Labute approximate surface area is 121 Å². The van der Waals surface area contributed by atoms with E-state index in [-0.39, 0.29) is 0 Å². The third-order valence-corrected chi connectivity index (χ3v) is 3.18. The number of ether oxygens (including phenoxy) is 2. The van der Waals surface area contributed by atoms with Crippen LogP contribution in [0.25, 0.3) is 12.2 Å². The van der Waals surface area contributed by atoms with Crippen LogP contribution in [-0.4, -0.2) is 14.2 Å². The molecule has 0 fully saturated rings. The number of rotatable bonds is 4. The van der Waals surface area contributed by atoms with Crippen molar-refractivity contribution in [1.29, 1.82) is 0 Å². The molecule has 0 spiro atoms. The minimum absolute atomic E-state index is 0.785. The lowest BCUT2D eigenvalue weighted by atomic mass is 10.1. The van der Waals surface area contributed by atoms with Gasteiger partial charge in [-0.05, 0) is 35.4 Å². The molecule has 2 aromatic carbocycles. The number of halogens is 1. The van der Waals surface area contributed by atoms with Gasteiger partial charge in [0, 0.05) is 10.5 Å². The standard InChI is InChI=1S/C16H15BrO2/c1-18-15-9-13(10-16(11-15)19-2)7-6-12-4-3-5-14(17)8-12/h3-11H,1-2H3. The van der Waals surface area contributed by atoms with E-state index in [4.69, 9.17) is 9.47 Å². The Morgan fingerprint density at radius 1 is 0.842 bits per heavy atom. The van der Waals surface area contributed by atoms with Crippen LogP contribution in [0.5, 0.6) is 11.5 Å². The molecule has 0 aliphatic heterocycles. The predicted octanol–water partition coefficient (Wildman–Crippen LogP) is 4.64. The molecule has 0 unspecified atom stereocenters. The zero-order valence-corrected chi connectivity index (χ0v) is 12.5. The van der Waals surface area contributed by atoms with Crippen molar-refractivity contribution < 1.29 is 9.47 Å². The van der Waals surface area contributed by atoms with Gasteiger partial charge in [0.15, 0.2) is 0 Å². The molecule has 98 valence electrons. The van der Waals surface area contributed by atoms with Gasteiger partial charge in [0.2, 0.25) is 0 Å². The first-order valence-electron chi connectivity index (χ1n) is 5.88. The van der Waals surface area contributed by atoms with Crippen LogP contribution in [0.3, 0.4) is 0 Å². The maximum atomic E-state index is 5.25. The molecule has 0 N–H and O–H groups in total. The lowest BCUT2D eigenvalue weighted by Crippen LogP contribution is -1.88. The summed E-state index contributed by atoms with van der Waals surface area (Å²) in [6.45, 7) is 0. The van der Waals surface area contributed by atoms with Crippen molar-refractivity contribution in [2.24, 2.45) is 0 Å². The predicted molar refractivity (Wildman–Crippen MR) is 82.6 cm³/mol. The van der Waals surface area contributed by atoms with E-state index in [0.29, 0.717) is 0 Å². The Morgan fingerprint density at radius 3 is 2.05 bits per heavy atom. The maximum Gasteiger partial charge on any atom is 0.123 e. The van der Waals surface area contributed by atoms with Gasteiger partial charge in [-0.3, -0.25) is 0 Å². The quantitative estimate of drug-likeness (QED) is 0.765. The fourth-order valence-electron chi connectivity index (χ4n) is 1.73. The molecular weight excluding hydrogens is 304 g/mol. The van der Waals surface area contributed by atoms with Crippen LogP contribution in [-0.2, 0) is 0 Å². The molecule has 0 atom stereocenters. The molecule has 0 radical (unpaired) electrons. The molecule has 0 saturated heterocycles. The molecule has 19 heavy (non-hydrogen) atoms. The second-order valence-corrected chi connectivity index (χ2v) is 4.95. The molecule has 0 aliphatic carbocycles. The van der Waals surface area contributed by atoms with Crippen LogP contribution in [0.1, 0.15) is 11.1 Å². The zero-order valence-electron chi connectivity index (χ0n) is 10.9. The summed E-state index contributed by atoms with van der Waals surface area (Å²) < 4.78 is 11.6. The van der Waals surface area contributed by atoms with E-state index in [1.54, 1.807) is 14.2 Å². The van der Waals surface area contributed by atoms with Gasteiger partial charge in [0.1, 0.15) is 11.5 Å². The van der Waals surface area contributed by atoms with Crippen LogP contribution in [0.15, 0.2) is 46.9 Å². The van der Waals surface area contributed by atoms with Crippen molar-refractivity contribution in [2.45, 2.75) is 0 Å². The van der Waals surface area contributed by atoms with Gasteiger partial charge in [-0.15, -0.1) is 0 Å². The summed E-state index contributed by atoms with van der Waals surface area (Å²) in [5, 5.41) is 0. The molecule has 3 heteroatoms. The van der Waals surface area contributed by atoms with Crippen LogP contribution < -0.4 is 9.47 Å². The van der Waals surface area contributed by atoms with Gasteiger partial charge in [-0.25, -0.2) is 0 Å². The molecule has 0 amide bonds. The first-order valence-corrected chi connectivity index (χ1v) is 6.67. The van der Waals surface area contributed by atoms with Gasteiger partial charge >= 0.3 is 0 Å². The van der Waals surface area contributed by atoms with E-state index < -0.39 is 0 Å². The largest absolute Gasteiger partial charge is 0.497 e. The number of hydrogen-bond donors (Lipinski definition) is 0. The second-order valence-electron chi connectivity index (χ2n) is 4.03. The summed E-state index contributed by atoms with van der Waals surface area (Å²) in [6.07, 6.45) is 4.09. The van der Waals surface area contributed by atoms with Crippen LogP contribution in [0, 0.1) is 0 Å². The first-order chi connectivity index (χ1) is 9.21. The van der Waals surface area contributed by atoms with Crippen LogP contribution in [0.2, 0.25) is 0 Å². The summed E-state index contributed by atoms with van der Waals surface area (Å²) in [6, 6.07) is 13.9. The minimum atomic E-state index is 0.785. The Morgan fingerprint density at radius 2 is 1.47 bits per heavy atom. The lowest BCUT2D eigenvalue weighted by molar-refractivity contribution is 0.394. The van der Waals surface area contributed by atoms with Crippen LogP contribution >= 0.6 is 15.9 Å². The summed E-state index contributed by atoms with van der Waals surface area (Å²) >= 11 is 3.46. The summed E-state index contributed by atoms with van der Waals surface area (Å²) in [7, 11) is 3.30. The van der Waals surface area contributed by atoms with Gasteiger partial charge < -0.3 is 9.47 Å². The number of hydrogen-bond acceptors (Lipinski definition) is 2. The molecule has 0 saturated carbocycles. The second kappa shape index (κ2) is 6.43. The van der Waals surface area contributed by atoms with E-state index in [0.717, 1.165) is 27.1 Å². The topological polar surface area (TPSA) is 18.5 Å². The number of benzene rings is 2. The molecule has 0 heterocycles.